The van der Waals surface area contributed by atoms with Gasteiger partial charge in [0, 0.05) is 30.2 Å². The number of benzene rings is 1. The van der Waals surface area contributed by atoms with Crippen LogP contribution in [-0.2, 0) is 21.1 Å². The van der Waals surface area contributed by atoms with Crippen LogP contribution in [0.1, 0.15) is 24.1 Å². The minimum Gasteiger partial charge on any atom is -0.334 e. The smallest absolute Gasteiger partial charge is 0.315 e. The molecular formula is C17H18N4O2S. The van der Waals surface area contributed by atoms with Crippen molar-refractivity contribution in [2.24, 2.45) is 0 Å². The Balaban J connectivity index is 1.64. The predicted molar refractivity (Wildman–Crippen MR) is 93.0 cm³/mol. The Kier molecular flexibility index (Phi) is 4.02. The first-order valence-electron chi connectivity index (χ1n) is 8.08. The summed E-state index contributed by atoms with van der Waals surface area (Å²) >= 11 is 1.77. The third-order valence-corrected chi connectivity index (χ3v) is 5.34. The van der Waals surface area contributed by atoms with Crippen molar-refractivity contribution in [2.75, 3.05) is 18.4 Å². The molecule has 1 aromatic carbocycles. The number of carbonyl (C=O) groups is 2. The number of nitrogens with zero attached hydrogens (tertiary/aromatic N) is 3. The quantitative estimate of drug-likeness (QED) is 0.850. The van der Waals surface area contributed by atoms with Crippen molar-refractivity contribution in [2.45, 2.75) is 24.3 Å². The highest BCUT2D eigenvalue weighted by atomic mass is 32.2. The summed E-state index contributed by atoms with van der Waals surface area (Å²) in [5.41, 5.74) is 2.88. The number of carbonyl (C=O) groups excluding carboxylic acids is 2. The summed E-state index contributed by atoms with van der Waals surface area (Å²) in [4.78, 5) is 26.3. The monoisotopic (exact) mass is 342 g/mol. The maximum Gasteiger partial charge on any atom is 0.315 e. The Morgan fingerprint density at radius 2 is 1.83 bits per heavy atom. The summed E-state index contributed by atoms with van der Waals surface area (Å²) in [6, 6.07) is 9.67. The lowest BCUT2D eigenvalue weighted by atomic mass is 10.2. The average Bonchev–Trinajstić information content (AvgIpc) is 3.33. The van der Waals surface area contributed by atoms with E-state index in [9.17, 15) is 9.59 Å². The molecule has 0 spiro atoms. The molecule has 1 N–H and O–H groups in total. The standard InChI is InChI=1S/C17H18N4O2S/c22-16(17(23)20-8-4-5-9-20)18-15-13-10-24-11-14(13)19-21(15)12-6-2-1-3-7-12/h1-3,6-7H,4-5,8-11H2,(H,18,22). The predicted octanol–water partition coefficient (Wildman–Crippen LogP) is 2.18. The molecule has 2 amide bonds. The molecule has 0 aliphatic carbocycles. The molecule has 2 aliphatic rings. The van der Waals surface area contributed by atoms with Crippen LogP contribution in [0.2, 0.25) is 0 Å². The van der Waals surface area contributed by atoms with Crippen LogP contribution in [0.15, 0.2) is 30.3 Å². The third-order valence-electron chi connectivity index (χ3n) is 4.37. The molecule has 2 aromatic rings. The molecule has 2 aliphatic heterocycles. The second-order valence-corrected chi connectivity index (χ2v) is 6.95. The van der Waals surface area contributed by atoms with E-state index < -0.39 is 11.8 Å². The number of anilines is 1. The topological polar surface area (TPSA) is 67.2 Å². The van der Waals surface area contributed by atoms with Crippen LogP contribution in [0.5, 0.6) is 0 Å². The van der Waals surface area contributed by atoms with Gasteiger partial charge in [0.15, 0.2) is 0 Å². The lowest BCUT2D eigenvalue weighted by Crippen LogP contribution is -2.38. The SMILES string of the molecule is O=C(Nc1c2c(nn1-c1ccccc1)CSC2)C(=O)N1CCCC1. The van der Waals surface area contributed by atoms with Gasteiger partial charge in [-0.1, -0.05) is 18.2 Å². The number of likely N-dealkylation sites (tertiary alicyclic amines) is 1. The number of nitrogens with one attached hydrogen (secondary N) is 1. The summed E-state index contributed by atoms with van der Waals surface area (Å²) in [6.45, 7) is 1.33. The maximum atomic E-state index is 12.4. The molecule has 4 rings (SSSR count). The average molecular weight is 342 g/mol. The van der Waals surface area contributed by atoms with Gasteiger partial charge in [-0.05, 0) is 25.0 Å². The summed E-state index contributed by atoms with van der Waals surface area (Å²) in [6.07, 6.45) is 1.93. The number of hydrogen-bond acceptors (Lipinski definition) is 4. The molecule has 1 saturated heterocycles. The van der Waals surface area contributed by atoms with Gasteiger partial charge >= 0.3 is 11.8 Å². The molecule has 7 heteroatoms. The fourth-order valence-electron chi connectivity index (χ4n) is 3.12. The van der Waals surface area contributed by atoms with Crippen molar-refractivity contribution in [3.63, 3.8) is 0 Å². The Morgan fingerprint density at radius 3 is 2.58 bits per heavy atom. The molecule has 6 nitrogen and oxygen atoms in total. The second-order valence-electron chi connectivity index (χ2n) is 5.97. The van der Waals surface area contributed by atoms with Crippen LogP contribution in [-0.4, -0.2) is 39.6 Å². The van der Waals surface area contributed by atoms with E-state index in [0.29, 0.717) is 18.9 Å². The highest BCUT2D eigenvalue weighted by Gasteiger charge is 2.29. The zero-order valence-corrected chi connectivity index (χ0v) is 14.0. The van der Waals surface area contributed by atoms with E-state index in [2.05, 4.69) is 10.4 Å². The van der Waals surface area contributed by atoms with E-state index in [1.807, 2.05) is 30.3 Å². The number of thioether (sulfide) groups is 1. The molecular weight excluding hydrogens is 324 g/mol. The first-order valence-corrected chi connectivity index (χ1v) is 9.23. The molecule has 124 valence electrons. The fourth-order valence-corrected chi connectivity index (χ4v) is 4.16. The van der Waals surface area contributed by atoms with Crippen LogP contribution in [0.3, 0.4) is 0 Å². The van der Waals surface area contributed by atoms with Gasteiger partial charge in [-0.3, -0.25) is 9.59 Å². The van der Waals surface area contributed by atoms with Gasteiger partial charge < -0.3 is 10.2 Å². The van der Waals surface area contributed by atoms with E-state index in [-0.39, 0.29) is 0 Å². The Labute approximate surface area is 144 Å². The largest absolute Gasteiger partial charge is 0.334 e. The molecule has 0 bridgehead atoms. The van der Waals surface area contributed by atoms with Gasteiger partial charge in [-0.2, -0.15) is 16.9 Å². The third kappa shape index (κ3) is 2.69. The Morgan fingerprint density at radius 1 is 1.08 bits per heavy atom. The van der Waals surface area contributed by atoms with Gasteiger partial charge in [0.2, 0.25) is 0 Å². The maximum absolute atomic E-state index is 12.4. The van der Waals surface area contributed by atoms with Crippen LogP contribution in [0, 0.1) is 0 Å². The van der Waals surface area contributed by atoms with E-state index in [0.717, 1.165) is 41.3 Å². The van der Waals surface area contributed by atoms with Gasteiger partial charge in [0.05, 0.1) is 11.4 Å². The van der Waals surface area contributed by atoms with Crippen molar-refractivity contribution in [3.05, 3.63) is 41.6 Å². The first-order chi connectivity index (χ1) is 11.7. The second kappa shape index (κ2) is 6.32. The van der Waals surface area contributed by atoms with Crippen molar-refractivity contribution in [1.82, 2.24) is 14.7 Å². The van der Waals surface area contributed by atoms with Crippen LogP contribution in [0.25, 0.3) is 5.69 Å². The number of para-hydroxylation sites is 1. The van der Waals surface area contributed by atoms with Crippen LogP contribution >= 0.6 is 11.8 Å². The lowest BCUT2D eigenvalue weighted by Gasteiger charge is -2.15. The molecule has 1 fully saturated rings. The van der Waals surface area contributed by atoms with Gasteiger partial charge in [0.1, 0.15) is 5.82 Å². The van der Waals surface area contributed by atoms with Crippen LogP contribution in [0.4, 0.5) is 5.82 Å². The normalized spacial score (nSPS) is 16.2. The fraction of sp³-hybridized carbons (Fsp3) is 0.353. The molecule has 0 saturated carbocycles. The molecule has 0 atom stereocenters. The van der Waals surface area contributed by atoms with Crippen LogP contribution < -0.4 is 5.32 Å². The zero-order valence-electron chi connectivity index (χ0n) is 13.2. The highest BCUT2D eigenvalue weighted by Crippen LogP contribution is 2.36. The summed E-state index contributed by atoms with van der Waals surface area (Å²) in [5, 5.41) is 7.45. The van der Waals surface area contributed by atoms with E-state index >= 15 is 0 Å². The summed E-state index contributed by atoms with van der Waals surface area (Å²) in [7, 11) is 0. The van der Waals surface area contributed by atoms with Crippen molar-refractivity contribution in [1.29, 1.82) is 0 Å². The minimum atomic E-state index is -0.575. The lowest BCUT2D eigenvalue weighted by molar-refractivity contribution is -0.142. The molecule has 24 heavy (non-hydrogen) atoms. The minimum absolute atomic E-state index is 0.451. The number of fused-ring (bicyclic) bond motifs is 1. The van der Waals surface area contributed by atoms with Gasteiger partial charge in [-0.15, -0.1) is 0 Å². The van der Waals surface area contributed by atoms with Crippen molar-refractivity contribution in [3.8, 4) is 5.69 Å². The highest BCUT2D eigenvalue weighted by molar-refractivity contribution is 7.98. The Hall–Kier alpha value is -2.28. The van der Waals surface area contributed by atoms with E-state index in [1.165, 1.54) is 0 Å². The number of rotatable bonds is 2. The van der Waals surface area contributed by atoms with E-state index in [1.54, 1.807) is 21.3 Å². The zero-order chi connectivity index (χ0) is 16.5. The summed E-state index contributed by atoms with van der Waals surface area (Å²) in [5.74, 6) is 1.23. The Bertz CT molecular complexity index is 781. The molecule has 3 heterocycles. The number of aromatic nitrogens is 2. The van der Waals surface area contributed by atoms with Gasteiger partial charge in [0.25, 0.3) is 0 Å². The first kappa shape index (κ1) is 15.3. The number of amides is 2. The molecule has 0 unspecified atom stereocenters. The molecule has 1 aromatic heterocycles. The molecule has 0 radical (unpaired) electrons. The number of hydrogen-bond donors (Lipinski definition) is 1. The van der Waals surface area contributed by atoms with Gasteiger partial charge in [-0.25, -0.2) is 4.68 Å². The van der Waals surface area contributed by atoms with E-state index in [4.69, 9.17) is 0 Å². The van der Waals surface area contributed by atoms with Crippen molar-refractivity contribution < 1.29 is 9.59 Å². The van der Waals surface area contributed by atoms with Crippen molar-refractivity contribution >= 4 is 29.4 Å². The summed E-state index contributed by atoms with van der Waals surface area (Å²) < 4.78 is 1.74.